The minimum absolute atomic E-state index is 0.254. The van der Waals surface area contributed by atoms with Gasteiger partial charge >= 0.3 is 0 Å². The second-order valence-electron chi connectivity index (χ2n) is 2.82. The molecular formula is C9H11NO3. The van der Waals surface area contributed by atoms with Crippen LogP contribution in [0.5, 0.6) is 0 Å². The number of carbonyl (C=O) groups excluding carboxylic acids is 3. The minimum Gasteiger partial charge on any atom is -0.303 e. The van der Waals surface area contributed by atoms with E-state index in [1.165, 1.54) is 17.1 Å². The lowest BCUT2D eigenvalue weighted by Crippen LogP contribution is -2.30. The SMILES string of the molecule is O=CCCCCN1C(=O)C=CC1=O. The predicted molar refractivity (Wildman–Crippen MR) is 45.8 cm³/mol. The number of nitrogens with zero attached hydrogens (tertiary/aromatic N) is 1. The second-order valence-corrected chi connectivity index (χ2v) is 2.82. The molecule has 1 aliphatic heterocycles. The van der Waals surface area contributed by atoms with Crippen molar-refractivity contribution in [3.8, 4) is 0 Å². The molecular weight excluding hydrogens is 170 g/mol. The van der Waals surface area contributed by atoms with Gasteiger partial charge in [-0.05, 0) is 12.8 Å². The van der Waals surface area contributed by atoms with Gasteiger partial charge in [-0.25, -0.2) is 0 Å². The maximum Gasteiger partial charge on any atom is 0.253 e. The van der Waals surface area contributed by atoms with E-state index in [0.29, 0.717) is 19.4 Å². The van der Waals surface area contributed by atoms with E-state index in [9.17, 15) is 14.4 Å². The lowest BCUT2D eigenvalue weighted by molar-refractivity contribution is -0.136. The maximum atomic E-state index is 11.0. The number of carbonyl (C=O) groups is 3. The molecule has 0 saturated carbocycles. The first-order valence-electron chi connectivity index (χ1n) is 4.23. The summed E-state index contributed by atoms with van der Waals surface area (Å²) in [5.74, 6) is -0.507. The molecule has 4 nitrogen and oxygen atoms in total. The van der Waals surface area contributed by atoms with Gasteiger partial charge in [0.2, 0.25) is 0 Å². The molecule has 0 aromatic heterocycles. The van der Waals surface area contributed by atoms with Crippen molar-refractivity contribution in [2.45, 2.75) is 19.3 Å². The molecule has 13 heavy (non-hydrogen) atoms. The Hall–Kier alpha value is -1.45. The third-order valence-electron chi connectivity index (χ3n) is 1.85. The van der Waals surface area contributed by atoms with Crippen molar-refractivity contribution < 1.29 is 14.4 Å². The van der Waals surface area contributed by atoms with Gasteiger partial charge in [0.15, 0.2) is 0 Å². The number of hydrogen-bond donors (Lipinski definition) is 0. The maximum absolute atomic E-state index is 11.0. The van der Waals surface area contributed by atoms with E-state index in [0.717, 1.165) is 12.7 Å². The zero-order valence-corrected chi connectivity index (χ0v) is 7.23. The van der Waals surface area contributed by atoms with Crippen molar-refractivity contribution in [2.24, 2.45) is 0 Å². The number of amides is 2. The Bertz CT molecular complexity index is 240. The van der Waals surface area contributed by atoms with E-state index < -0.39 is 0 Å². The molecule has 2 amide bonds. The van der Waals surface area contributed by atoms with Crippen molar-refractivity contribution in [1.82, 2.24) is 4.90 Å². The van der Waals surface area contributed by atoms with Crippen LogP contribution in [0.25, 0.3) is 0 Å². The molecule has 0 aromatic carbocycles. The molecule has 0 atom stereocenters. The highest BCUT2D eigenvalue weighted by atomic mass is 16.2. The van der Waals surface area contributed by atoms with E-state index in [1.54, 1.807) is 0 Å². The van der Waals surface area contributed by atoms with Crippen LogP contribution in [0.2, 0.25) is 0 Å². The van der Waals surface area contributed by atoms with Gasteiger partial charge in [-0.3, -0.25) is 14.5 Å². The Balaban J connectivity index is 2.25. The van der Waals surface area contributed by atoms with Crippen LogP contribution in [0, 0.1) is 0 Å². The Morgan fingerprint density at radius 1 is 1.15 bits per heavy atom. The second kappa shape index (κ2) is 4.54. The predicted octanol–water partition coefficient (Wildman–Crippen LogP) is 0.281. The number of aldehydes is 1. The van der Waals surface area contributed by atoms with Crippen molar-refractivity contribution in [1.29, 1.82) is 0 Å². The van der Waals surface area contributed by atoms with Gasteiger partial charge in [0.1, 0.15) is 6.29 Å². The summed E-state index contributed by atoms with van der Waals surface area (Å²) in [6.45, 7) is 0.415. The van der Waals surface area contributed by atoms with Crippen molar-refractivity contribution >= 4 is 18.1 Å². The Morgan fingerprint density at radius 2 is 1.77 bits per heavy atom. The number of unbranched alkanes of at least 4 members (excludes halogenated alkanes) is 2. The number of hydrogen-bond acceptors (Lipinski definition) is 3. The van der Waals surface area contributed by atoms with E-state index in [-0.39, 0.29) is 11.8 Å². The zero-order valence-electron chi connectivity index (χ0n) is 7.23. The smallest absolute Gasteiger partial charge is 0.253 e. The highest BCUT2D eigenvalue weighted by Gasteiger charge is 2.21. The van der Waals surface area contributed by atoms with Crippen molar-refractivity contribution in [2.75, 3.05) is 6.54 Å². The molecule has 0 unspecified atom stereocenters. The van der Waals surface area contributed by atoms with Crippen LogP contribution in [0.15, 0.2) is 12.2 Å². The zero-order chi connectivity index (χ0) is 9.68. The van der Waals surface area contributed by atoms with Gasteiger partial charge in [-0.1, -0.05) is 0 Å². The van der Waals surface area contributed by atoms with Crippen molar-refractivity contribution in [3.05, 3.63) is 12.2 Å². The molecule has 1 aliphatic rings. The lowest BCUT2D eigenvalue weighted by atomic mass is 10.2. The first-order chi connectivity index (χ1) is 6.25. The Kier molecular flexibility index (Phi) is 3.37. The molecule has 0 bridgehead atoms. The van der Waals surface area contributed by atoms with Gasteiger partial charge in [0.25, 0.3) is 11.8 Å². The van der Waals surface area contributed by atoms with E-state index >= 15 is 0 Å². The standard InChI is InChI=1S/C9H11NO3/c11-7-3-1-2-6-10-8(12)4-5-9(10)13/h4-5,7H,1-3,6H2. The summed E-state index contributed by atoms with van der Waals surface area (Å²) >= 11 is 0. The topological polar surface area (TPSA) is 54.5 Å². The van der Waals surface area contributed by atoms with Crippen molar-refractivity contribution in [3.63, 3.8) is 0 Å². The first kappa shape index (κ1) is 9.64. The molecule has 0 saturated heterocycles. The molecule has 0 radical (unpaired) electrons. The van der Waals surface area contributed by atoms with Crippen LogP contribution < -0.4 is 0 Å². The average molecular weight is 181 g/mol. The van der Waals surface area contributed by atoms with Gasteiger partial charge in [-0.15, -0.1) is 0 Å². The van der Waals surface area contributed by atoms with E-state index in [4.69, 9.17) is 0 Å². The molecule has 1 heterocycles. The van der Waals surface area contributed by atoms with Crippen LogP contribution in [-0.4, -0.2) is 29.5 Å². The summed E-state index contributed by atoms with van der Waals surface area (Å²) in [5, 5.41) is 0. The first-order valence-corrected chi connectivity index (χ1v) is 4.23. The van der Waals surface area contributed by atoms with Gasteiger partial charge in [0, 0.05) is 25.1 Å². The number of imide groups is 1. The molecule has 0 N–H and O–H groups in total. The summed E-state index contributed by atoms with van der Waals surface area (Å²) in [5.41, 5.74) is 0. The van der Waals surface area contributed by atoms with Crippen LogP contribution in [0.1, 0.15) is 19.3 Å². The monoisotopic (exact) mass is 181 g/mol. The number of rotatable bonds is 5. The summed E-state index contributed by atoms with van der Waals surface area (Å²) in [6, 6.07) is 0. The van der Waals surface area contributed by atoms with Gasteiger partial charge in [-0.2, -0.15) is 0 Å². The molecule has 4 heteroatoms. The Labute approximate surface area is 76.2 Å². The molecule has 70 valence electrons. The summed E-state index contributed by atoms with van der Waals surface area (Å²) in [6.07, 6.45) is 5.28. The third kappa shape index (κ3) is 2.50. The fourth-order valence-electron chi connectivity index (χ4n) is 1.15. The molecule has 1 rings (SSSR count). The van der Waals surface area contributed by atoms with Gasteiger partial charge in [0.05, 0.1) is 0 Å². The fourth-order valence-corrected chi connectivity index (χ4v) is 1.15. The fraction of sp³-hybridized carbons (Fsp3) is 0.444. The van der Waals surface area contributed by atoms with Crippen LogP contribution in [-0.2, 0) is 14.4 Å². The molecule has 0 fully saturated rings. The van der Waals surface area contributed by atoms with Crippen LogP contribution in [0.4, 0.5) is 0 Å². The highest BCUT2D eigenvalue weighted by molar-refractivity contribution is 6.12. The van der Waals surface area contributed by atoms with E-state index in [1.807, 2.05) is 0 Å². The summed E-state index contributed by atoms with van der Waals surface area (Å²) in [4.78, 5) is 33.1. The minimum atomic E-state index is -0.254. The normalized spacial score (nSPS) is 15.5. The van der Waals surface area contributed by atoms with Crippen LogP contribution >= 0.6 is 0 Å². The summed E-state index contributed by atoms with van der Waals surface area (Å²) in [7, 11) is 0. The van der Waals surface area contributed by atoms with E-state index in [2.05, 4.69) is 0 Å². The molecule has 0 aliphatic carbocycles. The van der Waals surface area contributed by atoms with Crippen LogP contribution in [0.3, 0.4) is 0 Å². The largest absolute Gasteiger partial charge is 0.303 e. The molecule has 0 spiro atoms. The Morgan fingerprint density at radius 3 is 2.31 bits per heavy atom. The third-order valence-corrected chi connectivity index (χ3v) is 1.85. The summed E-state index contributed by atoms with van der Waals surface area (Å²) < 4.78 is 0. The average Bonchev–Trinajstić information content (AvgIpc) is 2.42. The lowest BCUT2D eigenvalue weighted by Gasteiger charge is -2.12. The molecule has 0 aromatic rings. The quantitative estimate of drug-likeness (QED) is 0.348. The van der Waals surface area contributed by atoms with Gasteiger partial charge < -0.3 is 4.79 Å². The highest BCUT2D eigenvalue weighted by Crippen LogP contribution is 2.05.